The maximum absolute atomic E-state index is 11.9. The molecule has 1 unspecified atom stereocenters. The molecule has 2 rings (SSSR count). The highest BCUT2D eigenvalue weighted by atomic mass is 19.4. The van der Waals surface area contributed by atoms with Crippen LogP contribution in [-0.4, -0.2) is 46.7 Å². The SMILES string of the molecule is O=C(COCC(F)(F)F)N1CCCC1c1ncc[nH]1. The van der Waals surface area contributed by atoms with Crippen molar-refractivity contribution in [1.29, 1.82) is 0 Å². The Kier molecular flexibility index (Phi) is 4.08. The van der Waals surface area contributed by atoms with E-state index in [9.17, 15) is 18.0 Å². The van der Waals surface area contributed by atoms with Crippen LogP contribution >= 0.6 is 0 Å². The Morgan fingerprint density at radius 2 is 2.37 bits per heavy atom. The monoisotopic (exact) mass is 277 g/mol. The smallest absolute Gasteiger partial charge is 0.362 e. The zero-order valence-electron chi connectivity index (χ0n) is 10.1. The van der Waals surface area contributed by atoms with E-state index in [1.807, 2.05) is 0 Å². The van der Waals surface area contributed by atoms with Gasteiger partial charge < -0.3 is 14.6 Å². The molecule has 0 saturated carbocycles. The lowest BCUT2D eigenvalue weighted by Gasteiger charge is -2.23. The largest absolute Gasteiger partial charge is 0.411 e. The number of amides is 1. The van der Waals surface area contributed by atoms with Crippen LogP contribution in [0.1, 0.15) is 24.7 Å². The fraction of sp³-hybridized carbons (Fsp3) is 0.636. The Hall–Kier alpha value is -1.57. The van der Waals surface area contributed by atoms with E-state index in [2.05, 4.69) is 14.7 Å². The molecule has 106 valence electrons. The van der Waals surface area contributed by atoms with Gasteiger partial charge >= 0.3 is 6.18 Å². The molecule has 0 aliphatic carbocycles. The Morgan fingerprint density at radius 3 is 3.00 bits per heavy atom. The number of aromatic nitrogens is 2. The predicted octanol–water partition coefficient (Wildman–Crippen LogP) is 1.65. The maximum Gasteiger partial charge on any atom is 0.411 e. The fourth-order valence-electron chi connectivity index (χ4n) is 2.15. The van der Waals surface area contributed by atoms with Crippen molar-refractivity contribution in [3.63, 3.8) is 0 Å². The number of nitrogens with one attached hydrogen (secondary N) is 1. The van der Waals surface area contributed by atoms with Gasteiger partial charge in [-0.2, -0.15) is 13.2 Å². The molecule has 1 aromatic heterocycles. The van der Waals surface area contributed by atoms with E-state index in [0.29, 0.717) is 12.4 Å². The van der Waals surface area contributed by atoms with Gasteiger partial charge in [-0.3, -0.25) is 4.79 Å². The number of alkyl halides is 3. The average molecular weight is 277 g/mol. The summed E-state index contributed by atoms with van der Waals surface area (Å²) < 4.78 is 40.1. The van der Waals surface area contributed by atoms with Crippen LogP contribution in [0.5, 0.6) is 0 Å². The fourth-order valence-corrected chi connectivity index (χ4v) is 2.15. The highest BCUT2D eigenvalue weighted by Crippen LogP contribution is 2.29. The first-order chi connectivity index (χ1) is 8.97. The number of nitrogens with zero attached hydrogens (tertiary/aromatic N) is 2. The van der Waals surface area contributed by atoms with E-state index in [1.54, 1.807) is 12.4 Å². The topological polar surface area (TPSA) is 58.2 Å². The van der Waals surface area contributed by atoms with Gasteiger partial charge in [-0.25, -0.2) is 4.98 Å². The zero-order chi connectivity index (χ0) is 13.9. The summed E-state index contributed by atoms with van der Waals surface area (Å²) in [7, 11) is 0. The molecule has 5 nitrogen and oxygen atoms in total. The summed E-state index contributed by atoms with van der Waals surface area (Å²) in [5.74, 6) is 0.213. The first-order valence-corrected chi connectivity index (χ1v) is 5.90. The van der Waals surface area contributed by atoms with Crippen LogP contribution in [0.15, 0.2) is 12.4 Å². The van der Waals surface area contributed by atoms with E-state index in [1.165, 1.54) is 4.90 Å². The van der Waals surface area contributed by atoms with Crippen LogP contribution in [0.2, 0.25) is 0 Å². The van der Waals surface area contributed by atoms with Gasteiger partial charge in [0.15, 0.2) is 0 Å². The van der Waals surface area contributed by atoms with Gasteiger partial charge in [0.2, 0.25) is 5.91 Å². The van der Waals surface area contributed by atoms with Gasteiger partial charge in [0, 0.05) is 18.9 Å². The third-order valence-electron chi connectivity index (χ3n) is 2.90. The van der Waals surface area contributed by atoms with Crippen LogP contribution in [0.3, 0.4) is 0 Å². The van der Waals surface area contributed by atoms with E-state index >= 15 is 0 Å². The molecule has 1 aliphatic rings. The molecule has 1 aliphatic heterocycles. The molecule has 0 spiro atoms. The molecule has 1 amide bonds. The lowest BCUT2D eigenvalue weighted by Crippen LogP contribution is -2.35. The first-order valence-electron chi connectivity index (χ1n) is 5.90. The maximum atomic E-state index is 11.9. The lowest BCUT2D eigenvalue weighted by molar-refractivity contribution is -0.178. The number of hydrogen-bond acceptors (Lipinski definition) is 3. The molecule has 1 atom stereocenters. The Morgan fingerprint density at radius 1 is 1.58 bits per heavy atom. The molecule has 0 bridgehead atoms. The molecular weight excluding hydrogens is 263 g/mol. The third-order valence-corrected chi connectivity index (χ3v) is 2.90. The molecule has 1 saturated heterocycles. The van der Waals surface area contributed by atoms with Crippen LogP contribution in [0.4, 0.5) is 13.2 Å². The van der Waals surface area contributed by atoms with Crippen LogP contribution < -0.4 is 0 Å². The van der Waals surface area contributed by atoms with Gasteiger partial charge in [0.05, 0.1) is 6.04 Å². The van der Waals surface area contributed by atoms with Gasteiger partial charge in [-0.1, -0.05) is 0 Å². The summed E-state index contributed by atoms with van der Waals surface area (Å²) in [4.78, 5) is 20.3. The molecule has 1 N–H and O–H groups in total. The number of aromatic amines is 1. The molecular formula is C11H14F3N3O2. The van der Waals surface area contributed by atoms with E-state index < -0.39 is 25.3 Å². The van der Waals surface area contributed by atoms with Crippen LogP contribution in [0.25, 0.3) is 0 Å². The van der Waals surface area contributed by atoms with Crippen molar-refractivity contribution in [2.24, 2.45) is 0 Å². The number of imidazole rings is 1. The van der Waals surface area contributed by atoms with Crippen LogP contribution in [-0.2, 0) is 9.53 Å². The van der Waals surface area contributed by atoms with Crippen LogP contribution in [0, 0.1) is 0 Å². The summed E-state index contributed by atoms with van der Waals surface area (Å²) in [6.07, 6.45) is 0.369. The Balaban J connectivity index is 1.88. The number of carbonyl (C=O) groups is 1. The van der Waals surface area contributed by atoms with Gasteiger partial charge in [-0.15, -0.1) is 0 Å². The Bertz CT molecular complexity index is 419. The van der Waals surface area contributed by atoms with E-state index in [-0.39, 0.29) is 6.04 Å². The number of carbonyl (C=O) groups excluding carboxylic acids is 1. The van der Waals surface area contributed by atoms with Gasteiger partial charge in [0.25, 0.3) is 0 Å². The summed E-state index contributed by atoms with van der Waals surface area (Å²) in [5.41, 5.74) is 0. The first kappa shape index (κ1) is 13.9. The summed E-state index contributed by atoms with van der Waals surface area (Å²) in [6.45, 7) is -1.45. The van der Waals surface area contributed by atoms with Crippen molar-refractivity contribution < 1.29 is 22.7 Å². The third kappa shape index (κ3) is 3.69. The number of hydrogen-bond donors (Lipinski definition) is 1. The summed E-state index contributed by atoms with van der Waals surface area (Å²) in [6, 6.07) is -0.197. The van der Waals surface area contributed by atoms with Crippen molar-refractivity contribution in [2.45, 2.75) is 25.1 Å². The standard InChI is InChI=1S/C11H14F3N3O2/c12-11(13,14)7-19-6-9(18)17-5-1-2-8(17)10-15-3-4-16-10/h3-4,8H,1-2,5-7H2,(H,15,16). The predicted molar refractivity (Wildman–Crippen MR) is 59.1 cm³/mol. The van der Waals surface area contributed by atoms with Gasteiger partial charge in [-0.05, 0) is 12.8 Å². The minimum absolute atomic E-state index is 0.197. The number of rotatable bonds is 4. The normalized spacial score (nSPS) is 19.9. The van der Waals surface area contributed by atoms with Crippen molar-refractivity contribution in [3.05, 3.63) is 18.2 Å². The molecule has 8 heteroatoms. The number of ether oxygens (including phenoxy) is 1. The highest BCUT2D eigenvalue weighted by molar-refractivity contribution is 5.78. The average Bonchev–Trinajstić information content (AvgIpc) is 2.97. The second-order valence-corrected chi connectivity index (χ2v) is 4.33. The number of H-pyrrole nitrogens is 1. The quantitative estimate of drug-likeness (QED) is 0.910. The summed E-state index contributed by atoms with van der Waals surface area (Å²) >= 11 is 0. The molecule has 0 radical (unpaired) electrons. The minimum Gasteiger partial charge on any atom is -0.362 e. The van der Waals surface area contributed by atoms with Crippen molar-refractivity contribution in [1.82, 2.24) is 14.9 Å². The highest BCUT2D eigenvalue weighted by Gasteiger charge is 2.33. The lowest BCUT2D eigenvalue weighted by atomic mass is 10.2. The van der Waals surface area contributed by atoms with E-state index in [0.717, 1.165) is 12.8 Å². The summed E-state index contributed by atoms with van der Waals surface area (Å²) in [5, 5.41) is 0. The number of likely N-dealkylation sites (tertiary alicyclic amines) is 1. The second-order valence-electron chi connectivity index (χ2n) is 4.33. The minimum atomic E-state index is -4.41. The molecule has 19 heavy (non-hydrogen) atoms. The molecule has 1 aromatic rings. The zero-order valence-corrected chi connectivity index (χ0v) is 10.1. The molecule has 2 heterocycles. The Labute approximate surface area is 107 Å². The number of halogens is 3. The second kappa shape index (κ2) is 5.60. The van der Waals surface area contributed by atoms with Crippen molar-refractivity contribution in [3.8, 4) is 0 Å². The molecule has 0 aromatic carbocycles. The van der Waals surface area contributed by atoms with Crippen molar-refractivity contribution >= 4 is 5.91 Å². The van der Waals surface area contributed by atoms with Gasteiger partial charge in [0.1, 0.15) is 19.0 Å². The van der Waals surface area contributed by atoms with Crippen molar-refractivity contribution in [2.75, 3.05) is 19.8 Å². The molecule has 1 fully saturated rings. The van der Waals surface area contributed by atoms with E-state index in [4.69, 9.17) is 0 Å².